The summed E-state index contributed by atoms with van der Waals surface area (Å²) in [5.41, 5.74) is 0.304. The summed E-state index contributed by atoms with van der Waals surface area (Å²) in [5, 5.41) is 12.2. The second kappa shape index (κ2) is 4.47. The monoisotopic (exact) mass is 253 g/mol. The van der Waals surface area contributed by atoms with Crippen molar-refractivity contribution >= 4 is 17.6 Å². The van der Waals surface area contributed by atoms with Crippen molar-refractivity contribution in [1.29, 1.82) is 0 Å². The summed E-state index contributed by atoms with van der Waals surface area (Å²) < 4.78 is 9.97. The Kier molecular flexibility index (Phi) is 3.01. The van der Waals surface area contributed by atoms with Crippen molar-refractivity contribution in [2.75, 3.05) is 7.11 Å². The highest BCUT2D eigenvalue weighted by atomic mass is 35.5. The lowest BCUT2D eigenvalue weighted by Gasteiger charge is -2.01. The van der Waals surface area contributed by atoms with Crippen LogP contribution in [0.25, 0.3) is 11.3 Å². The van der Waals surface area contributed by atoms with Crippen LogP contribution in [0.15, 0.2) is 28.8 Å². The number of ether oxygens (including phenoxy) is 1. The summed E-state index contributed by atoms with van der Waals surface area (Å²) in [4.78, 5) is 10.8. The average molecular weight is 254 g/mol. The van der Waals surface area contributed by atoms with E-state index in [9.17, 15) is 4.79 Å². The Morgan fingerprint density at radius 1 is 1.53 bits per heavy atom. The van der Waals surface area contributed by atoms with Crippen molar-refractivity contribution < 1.29 is 19.2 Å². The van der Waals surface area contributed by atoms with E-state index in [0.29, 0.717) is 11.3 Å². The molecule has 1 heterocycles. The average Bonchev–Trinajstić information content (AvgIpc) is 2.71. The number of carboxylic acid groups (broad SMARTS) is 1. The highest BCUT2D eigenvalue weighted by Gasteiger charge is 2.20. The first-order valence-electron chi connectivity index (χ1n) is 4.66. The van der Waals surface area contributed by atoms with Crippen LogP contribution in [0.3, 0.4) is 0 Å². The topological polar surface area (TPSA) is 72.6 Å². The van der Waals surface area contributed by atoms with Crippen molar-refractivity contribution in [3.05, 3.63) is 35.0 Å². The van der Waals surface area contributed by atoms with E-state index in [1.165, 1.54) is 7.11 Å². The molecule has 0 aliphatic heterocycles. The molecular weight excluding hydrogens is 246 g/mol. The van der Waals surface area contributed by atoms with Crippen LogP contribution in [0.5, 0.6) is 5.75 Å². The van der Waals surface area contributed by atoms with Gasteiger partial charge in [0.05, 0.1) is 7.11 Å². The van der Waals surface area contributed by atoms with Gasteiger partial charge in [0.15, 0.2) is 5.76 Å². The van der Waals surface area contributed by atoms with Crippen LogP contribution in [0.4, 0.5) is 0 Å². The minimum Gasteiger partial charge on any atom is -0.497 e. The van der Waals surface area contributed by atoms with Crippen LogP contribution >= 0.6 is 11.6 Å². The first-order valence-corrected chi connectivity index (χ1v) is 5.04. The van der Waals surface area contributed by atoms with E-state index in [1.807, 2.05) is 0 Å². The molecule has 0 amide bonds. The van der Waals surface area contributed by atoms with Gasteiger partial charge in [-0.3, -0.25) is 0 Å². The highest BCUT2D eigenvalue weighted by molar-refractivity contribution is 6.35. The Hall–Kier alpha value is -2.01. The van der Waals surface area contributed by atoms with Gasteiger partial charge >= 0.3 is 5.97 Å². The summed E-state index contributed by atoms with van der Waals surface area (Å²) in [6.45, 7) is 0. The normalized spacial score (nSPS) is 10.2. The molecule has 0 spiro atoms. The highest BCUT2D eigenvalue weighted by Crippen LogP contribution is 2.32. The molecule has 2 rings (SSSR count). The summed E-state index contributed by atoms with van der Waals surface area (Å²) in [6.07, 6.45) is 0. The predicted molar refractivity (Wildman–Crippen MR) is 60.5 cm³/mol. The third-order valence-electron chi connectivity index (χ3n) is 2.17. The van der Waals surface area contributed by atoms with Crippen molar-refractivity contribution in [2.24, 2.45) is 0 Å². The fourth-order valence-corrected chi connectivity index (χ4v) is 1.61. The van der Waals surface area contributed by atoms with Crippen LogP contribution < -0.4 is 4.74 Å². The number of benzene rings is 1. The third-order valence-corrected chi connectivity index (χ3v) is 2.52. The number of methoxy groups -OCH3 is 1. The number of hydrogen-bond acceptors (Lipinski definition) is 4. The standard InChI is InChI=1S/C11H8ClNO4/c1-16-7-4-2-3-6(5-7)10-8(12)9(11(14)15)13-17-10/h2-5H,1H3,(H,14,15). The molecule has 2 aromatic rings. The second-order valence-corrected chi connectivity index (χ2v) is 3.59. The first kappa shape index (κ1) is 11.5. The van der Waals surface area contributed by atoms with E-state index in [2.05, 4.69) is 5.16 Å². The number of carbonyl (C=O) groups is 1. The zero-order valence-electron chi connectivity index (χ0n) is 8.81. The molecule has 0 fully saturated rings. The Bertz CT molecular complexity index is 564. The van der Waals surface area contributed by atoms with Gasteiger partial charge < -0.3 is 14.4 Å². The lowest BCUT2D eigenvalue weighted by molar-refractivity contribution is 0.0686. The minimum atomic E-state index is -1.23. The molecule has 0 unspecified atom stereocenters. The van der Waals surface area contributed by atoms with Crippen LogP contribution in [-0.2, 0) is 0 Å². The van der Waals surface area contributed by atoms with Crippen molar-refractivity contribution in [2.45, 2.75) is 0 Å². The lowest BCUT2D eigenvalue weighted by atomic mass is 10.1. The van der Waals surface area contributed by atoms with Crippen LogP contribution in [0.1, 0.15) is 10.5 Å². The molecular formula is C11H8ClNO4. The number of hydrogen-bond donors (Lipinski definition) is 1. The molecule has 0 aliphatic carbocycles. The molecule has 1 aromatic carbocycles. The van der Waals surface area contributed by atoms with E-state index in [4.69, 9.17) is 26.0 Å². The number of aromatic carboxylic acids is 1. The van der Waals surface area contributed by atoms with Crippen LogP contribution in [-0.4, -0.2) is 23.3 Å². The molecule has 0 radical (unpaired) electrons. The smallest absolute Gasteiger partial charge is 0.359 e. The number of nitrogens with zero attached hydrogens (tertiary/aromatic N) is 1. The lowest BCUT2D eigenvalue weighted by Crippen LogP contribution is -1.96. The van der Waals surface area contributed by atoms with Crippen molar-refractivity contribution in [3.63, 3.8) is 0 Å². The van der Waals surface area contributed by atoms with Gasteiger partial charge in [-0.25, -0.2) is 4.79 Å². The molecule has 1 N–H and O–H groups in total. The van der Waals surface area contributed by atoms with E-state index < -0.39 is 5.97 Å². The Labute approximate surface area is 102 Å². The predicted octanol–water partition coefficient (Wildman–Crippen LogP) is 2.70. The molecule has 0 bridgehead atoms. The maximum absolute atomic E-state index is 10.8. The van der Waals surface area contributed by atoms with Crippen LogP contribution in [0, 0.1) is 0 Å². The number of carboxylic acids is 1. The van der Waals surface area contributed by atoms with Crippen molar-refractivity contribution in [3.8, 4) is 17.1 Å². The zero-order chi connectivity index (χ0) is 12.4. The number of aromatic nitrogens is 1. The molecule has 17 heavy (non-hydrogen) atoms. The van der Waals surface area contributed by atoms with Gasteiger partial charge in [0.2, 0.25) is 5.69 Å². The number of rotatable bonds is 3. The van der Waals surface area contributed by atoms with E-state index >= 15 is 0 Å². The van der Waals surface area contributed by atoms with Gasteiger partial charge in [-0.2, -0.15) is 0 Å². The first-order chi connectivity index (χ1) is 8.13. The van der Waals surface area contributed by atoms with Gasteiger partial charge in [-0.15, -0.1) is 0 Å². The summed E-state index contributed by atoms with van der Waals surface area (Å²) >= 11 is 5.87. The van der Waals surface area contributed by atoms with Crippen molar-refractivity contribution in [1.82, 2.24) is 5.16 Å². The van der Waals surface area contributed by atoms with Gasteiger partial charge in [-0.05, 0) is 12.1 Å². The molecule has 0 aliphatic rings. The second-order valence-electron chi connectivity index (χ2n) is 3.21. The molecule has 88 valence electrons. The number of halogens is 1. The summed E-state index contributed by atoms with van der Waals surface area (Å²) in [5.74, 6) is -0.400. The summed E-state index contributed by atoms with van der Waals surface area (Å²) in [7, 11) is 1.53. The Morgan fingerprint density at radius 2 is 2.29 bits per heavy atom. The molecule has 0 saturated carbocycles. The van der Waals surface area contributed by atoms with Gasteiger partial charge in [-0.1, -0.05) is 28.9 Å². The van der Waals surface area contributed by atoms with E-state index in [0.717, 1.165) is 0 Å². The maximum atomic E-state index is 10.8. The SMILES string of the molecule is COc1cccc(-c2onc(C(=O)O)c2Cl)c1. The van der Waals surface area contributed by atoms with Gasteiger partial charge in [0.1, 0.15) is 10.8 Å². The molecule has 0 atom stereocenters. The Morgan fingerprint density at radius 3 is 2.88 bits per heavy atom. The third kappa shape index (κ3) is 2.09. The molecule has 1 aromatic heterocycles. The molecule has 0 saturated heterocycles. The quantitative estimate of drug-likeness (QED) is 0.910. The van der Waals surface area contributed by atoms with Gasteiger partial charge in [0, 0.05) is 5.56 Å². The Balaban J connectivity index is 2.49. The van der Waals surface area contributed by atoms with Gasteiger partial charge in [0.25, 0.3) is 0 Å². The van der Waals surface area contributed by atoms with Crippen LogP contribution in [0.2, 0.25) is 5.02 Å². The molecule has 6 heteroatoms. The van der Waals surface area contributed by atoms with E-state index in [1.54, 1.807) is 24.3 Å². The minimum absolute atomic E-state index is 0.0225. The molecule has 5 nitrogen and oxygen atoms in total. The fraction of sp³-hybridized carbons (Fsp3) is 0.0909. The fourth-order valence-electron chi connectivity index (χ4n) is 1.36. The summed E-state index contributed by atoms with van der Waals surface area (Å²) in [6, 6.07) is 6.90. The maximum Gasteiger partial charge on any atom is 0.359 e. The van der Waals surface area contributed by atoms with E-state index in [-0.39, 0.29) is 16.5 Å². The zero-order valence-corrected chi connectivity index (χ0v) is 9.56. The largest absolute Gasteiger partial charge is 0.497 e.